The molecule has 20 heavy (non-hydrogen) atoms. The molecule has 2 aromatic rings. The molecule has 1 heterocycles. The van der Waals surface area contributed by atoms with Crippen LogP contribution in [0.1, 0.15) is 17.5 Å². The summed E-state index contributed by atoms with van der Waals surface area (Å²) in [5.74, 6) is -1.24. The van der Waals surface area contributed by atoms with Gasteiger partial charge in [-0.2, -0.15) is 0 Å². The van der Waals surface area contributed by atoms with E-state index in [1.165, 1.54) is 31.2 Å². The Kier molecular flexibility index (Phi) is 4.05. The molecule has 0 aliphatic rings. The second kappa shape index (κ2) is 5.75. The third-order valence-corrected chi connectivity index (χ3v) is 2.60. The molecule has 1 aromatic carbocycles. The molecule has 1 aromatic heterocycles. The molecule has 0 unspecified atom stereocenters. The summed E-state index contributed by atoms with van der Waals surface area (Å²) in [6.45, 7) is 1.32. The van der Waals surface area contributed by atoms with E-state index < -0.39 is 11.7 Å². The van der Waals surface area contributed by atoms with E-state index in [-0.39, 0.29) is 22.6 Å². The zero-order valence-corrected chi connectivity index (χ0v) is 11.1. The van der Waals surface area contributed by atoms with Crippen LogP contribution in [0.4, 0.5) is 16.0 Å². The smallest absolute Gasteiger partial charge is 0.291 e. The van der Waals surface area contributed by atoms with Gasteiger partial charge >= 0.3 is 0 Å². The van der Waals surface area contributed by atoms with Crippen LogP contribution in [0, 0.1) is 5.82 Å². The molecular weight excluding hydrogens is 287 g/mol. The lowest BCUT2D eigenvalue weighted by Gasteiger charge is -2.04. The first-order valence-corrected chi connectivity index (χ1v) is 5.97. The highest BCUT2D eigenvalue weighted by molar-refractivity contribution is 6.31. The summed E-state index contributed by atoms with van der Waals surface area (Å²) in [6, 6.07) is 6.66. The summed E-state index contributed by atoms with van der Waals surface area (Å²) in [7, 11) is 0. The van der Waals surface area contributed by atoms with Crippen LogP contribution in [0.2, 0.25) is 5.02 Å². The number of hydrogen-bond acceptors (Lipinski definition) is 3. The molecule has 0 saturated heterocycles. The first-order chi connectivity index (χ1) is 9.45. The Bertz CT molecular complexity index is 669. The van der Waals surface area contributed by atoms with Crippen molar-refractivity contribution in [3.05, 3.63) is 46.9 Å². The zero-order valence-electron chi connectivity index (χ0n) is 10.4. The van der Waals surface area contributed by atoms with Crippen molar-refractivity contribution < 1.29 is 18.4 Å². The third-order valence-electron chi connectivity index (χ3n) is 2.31. The minimum absolute atomic E-state index is 0.00852. The SMILES string of the molecule is CC(=O)Nc1ccc(C(=O)Nc2ccc(F)c(Cl)c2)o1. The summed E-state index contributed by atoms with van der Waals surface area (Å²) >= 11 is 5.61. The molecule has 2 amide bonds. The van der Waals surface area contributed by atoms with E-state index >= 15 is 0 Å². The Morgan fingerprint density at radius 3 is 2.60 bits per heavy atom. The summed E-state index contributed by atoms with van der Waals surface area (Å²) in [5.41, 5.74) is 0.332. The summed E-state index contributed by atoms with van der Waals surface area (Å²) in [4.78, 5) is 22.7. The van der Waals surface area contributed by atoms with Crippen LogP contribution in [0.15, 0.2) is 34.7 Å². The monoisotopic (exact) mass is 296 g/mol. The predicted molar refractivity (Wildman–Crippen MR) is 72.4 cm³/mol. The first kappa shape index (κ1) is 14.1. The van der Waals surface area contributed by atoms with Crippen molar-refractivity contribution in [1.82, 2.24) is 0 Å². The van der Waals surface area contributed by atoms with Gasteiger partial charge in [-0.3, -0.25) is 14.9 Å². The van der Waals surface area contributed by atoms with Crippen molar-refractivity contribution in [2.45, 2.75) is 6.92 Å². The molecular formula is C13H10ClFN2O3. The number of carbonyl (C=O) groups excluding carboxylic acids is 2. The standard InChI is InChI=1S/C13H10ClFN2O3/c1-7(18)16-12-5-4-11(20-12)13(19)17-8-2-3-10(15)9(14)6-8/h2-6H,1H3,(H,16,18)(H,17,19). The van der Waals surface area contributed by atoms with E-state index in [0.29, 0.717) is 5.69 Å². The molecule has 0 saturated carbocycles. The number of carbonyl (C=O) groups is 2. The molecule has 5 nitrogen and oxygen atoms in total. The number of amides is 2. The average molecular weight is 297 g/mol. The van der Waals surface area contributed by atoms with Crippen molar-refractivity contribution >= 4 is 35.0 Å². The molecule has 0 fully saturated rings. The number of benzene rings is 1. The van der Waals surface area contributed by atoms with Crippen molar-refractivity contribution in [2.75, 3.05) is 10.6 Å². The van der Waals surface area contributed by atoms with Gasteiger partial charge in [0.05, 0.1) is 5.02 Å². The van der Waals surface area contributed by atoms with Gasteiger partial charge in [0.15, 0.2) is 11.6 Å². The maximum atomic E-state index is 13.0. The lowest BCUT2D eigenvalue weighted by atomic mass is 10.3. The number of furan rings is 1. The summed E-state index contributed by atoms with van der Waals surface area (Å²) in [5, 5.41) is 4.80. The topological polar surface area (TPSA) is 71.3 Å². The highest BCUT2D eigenvalue weighted by Crippen LogP contribution is 2.20. The van der Waals surface area contributed by atoms with Crippen LogP contribution in [0.5, 0.6) is 0 Å². The van der Waals surface area contributed by atoms with Crippen molar-refractivity contribution in [2.24, 2.45) is 0 Å². The zero-order chi connectivity index (χ0) is 14.7. The molecule has 0 radical (unpaired) electrons. The van der Waals surface area contributed by atoms with Crippen LogP contribution in [-0.4, -0.2) is 11.8 Å². The van der Waals surface area contributed by atoms with E-state index in [9.17, 15) is 14.0 Å². The van der Waals surface area contributed by atoms with Crippen LogP contribution in [0.25, 0.3) is 0 Å². The van der Waals surface area contributed by atoms with Gasteiger partial charge < -0.3 is 9.73 Å². The van der Waals surface area contributed by atoms with Gasteiger partial charge in [0.1, 0.15) is 5.82 Å². The maximum Gasteiger partial charge on any atom is 0.291 e. The van der Waals surface area contributed by atoms with Gasteiger partial charge in [-0.05, 0) is 24.3 Å². The second-order valence-electron chi connectivity index (χ2n) is 3.93. The van der Waals surface area contributed by atoms with Gasteiger partial charge in [0, 0.05) is 18.7 Å². The highest BCUT2D eigenvalue weighted by Gasteiger charge is 2.12. The molecule has 0 spiro atoms. The van der Waals surface area contributed by atoms with Gasteiger partial charge in [0.25, 0.3) is 5.91 Å². The Labute approximate surface area is 118 Å². The summed E-state index contributed by atoms with van der Waals surface area (Å²) in [6.07, 6.45) is 0. The Hall–Kier alpha value is -2.34. The number of nitrogens with one attached hydrogen (secondary N) is 2. The average Bonchev–Trinajstić information content (AvgIpc) is 2.81. The number of hydrogen-bond donors (Lipinski definition) is 2. The fourth-order valence-corrected chi connectivity index (χ4v) is 1.65. The second-order valence-corrected chi connectivity index (χ2v) is 4.34. The fraction of sp³-hybridized carbons (Fsp3) is 0.0769. The van der Waals surface area contributed by atoms with E-state index in [4.69, 9.17) is 16.0 Å². The lowest BCUT2D eigenvalue weighted by Crippen LogP contribution is -2.11. The van der Waals surface area contributed by atoms with Crippen LogP contribution < -0.4 is 10.6 Å². The van der Waals surface area contributed by atoms with Gasteiger partial charge in [-0.1, -0.05) is 11.6 Å². The number of anilines is 2. The predicted octanol–water partition coefficient (Wildman–Crippen LogP) is 3.28. The van der Waals surface area contributed by atoms with Gasteiger partial charge in [0.2, 0.25) is 5.91 Å². The molecule has 0 aliphatic heterocycles. The van der Waals surface area contributed by atoms with Crippen molar-refractivity contribution in [3.8, 4) is 0 Å². The van der Waals surface area contributed by atoms with Gasteiger partial charge in [-0.25, -0.2) is 4.39 Å². The van der Waals surface area contributed by atoms with E-state index in [1.54, 1.807) is 0 Å². The molecule has 0 aliphatic carbocycles. The molecule has 2 rings (SSSR count). The van der Waals surface area contributed by atoms with Crippen molar-refractivity contribution in [3.63, 3.8) is 0 Å². The normalized spacial score (nSPS) is 10.2. The molecule has 0 atom stereocenters. The minimum Gasteiger partial charge on any atom is -0.435 e. The van der Waals surface area contributed by atoms with E-state index in [1.807, 2.05) is 0 Å². The van der Waals surface area contributed by atoms with Crippen LogP contribution in [0.3, 0.4) is 0 Å². The maximum absolute atomic E-state index is 13.0. The molecule has 0 bridgehead atoms. The van der Waals surface area contributed by atoms with Gasteiger partial charge in [-0.15, -0.1) is 0 Å². The minimum atomic E-state index is -0.574. The third kappa shape index (κ3) is 3.36. The van der Waals surface area contributed by atoms with Crippen LogP contribution in [-0.2, 0) is 4.79 Å². The number of rotatable bonds is 3. The molecule has 7 heteroatoms. The highest BCUT2D eigenvalue weighted by atomic mass is 35.5. The quantitative estimate of drug-likeness (QED) is 0.913. The fourth-order valence-electron chi connectivity index (χ4n) is 1.47. The Morgan fingerprint density at radius 1 is 1.20 bits per heavy atom. The van der Waals surface area contributed by atoms with Crippen molar-refractivity contribution in [1.29, 1.82) is 0 Å². The lowest BCUT2D eigenvalue weighted by molar-refractivity contribution is -0.114. The Morgan fingerprint density at radius 2 is 1.95 bits per heavy atom. The van der Waals surface area contributed by atoms with E-state index in [2.05, 4.69) is 10.6 Å². The van der Waals surface area contributed by atoms with E-state index in [0.717, 1.165) is 6.07 Å². The molecule has 2 N–H and O–H groups in total. The number of halogens is 2. The molecule has 104 valence electrons. The largest absolute Gasteiger partial charge is 0.435 e. The van der Waals surface area contributed by atoms with Crippen LogP contribution >= 0.6 is 11.6 Å². The summed E-state index contributed by atoms with van der Waals surface area (Å²) < 4.78 is 18.1. The Balaban J connectivity index is 2.09. The first-order valence-electron chi connectivity index (χ1n) is 5.59.